The first kappa shape index (κ1) is 22.2. The van der Waals surface area contributed by atoms with E-state index in [-0.39, 0.29) is 42.5 Å². The van der Waals surface area contributed by atoms with Crippen molar-refractivity contribution in [3.05, 3.63) is 29.6 Å². The second-order valence-electron chi connectivity index (χ2n) is 5.16. The van der Waals surface area contributed by atoms with E-state index in [0.717, 1.165) is 6.07 Å². The number of hydrogen-bond donors (Lipinski definition) is 2. The Morgan fingerprint density at radius 1 is 1.17 bits per heavy atom. The molecular weight excluding hydrogens is 359 g/mol. The van der Waals surface area contributed by atoms with E-state index in [1.807, 2.05) is 4.90 Å². The van der Waals surface area contributed by atoms with Crippen LogP contribution in [0.15, 0.2) is 18.2 Å². The smallest absolute Gasteiger partial charge is 0.389 e. The first-order chi connectivity index (χ1) is 9.87. The van der Waals surface area contributed by atoms with E-state index in [4.69, 9.17) is 0 Å². The summed E-state index contributed by atoms with van der Waals surface area (Å²) < 4.78 is 51.5. The predicted molar refractivity (Wildman–Crippen MR) is 85.0 cm³/mol. The van der Waals surface area contributed by atoms with Crippen LogP contribution in [-0.2, 0) is 0 Å². The number of nitrogens with one attached hydrogen (secondary N) is 1. The third-order valence-corrected chi connectivity index (χ3v) is 3.64. The quantitative estimate of drug-likeness (QED) is 0.784. The van der Waals surface area contributed by atoms with Crippen molar-refractivity contribution < 1.29 is 22.7 Å². The number of phenolic OH excluding ortho intramolecular Hbond substituents is 1. The maximum Gasteiger partial charge on any atom is 0.389 e. The van der Waals surface area contributed by atoms with Crippen LogP contribution in [-0.4, -0.2) is 42.4 Å². The number of piperazine rings is 1. The minimum absolute atomic E-state index is 0. The number of phenols is 1. The third kappa shape index (κ3) is 6.71. The normalized spacial score (nSPS) is 17.0. The lowest BCUT2D eigenvalue weighted by molar-refractivity contribution is -0.138. The van der Waals surface area contributed by atoms with Crippen LogP contribution in [0.4, 0.5) is 17.6 Å². The fourth-order valence-corrected chi connectivity index (χ4v) is 2.62. The summed E-state index contributed by atoms with van der Waals surface area (Å²) in [7, 11) is 0. The number of benzene rings is 1. The second kappa shape index (κ2) is 9.52. The molecule has 0 spiro atoms. The Kier molecular flexibility index (Phi) is 9.20. The molecule has 1 saturated heterocycles. The molecule has 0 amide bonds. The number of hydrogen-bond acceptors (Lipinski definition) is 3. The summed E-state index contributed by atoms with van der Waals surface area (Å²) in [6, 6.07) is 2.99. The molecule has 1 aliphatic rings. The Labute approximate surface area is 144 Å². The van der Waals surface area contributed by atoms with Crippen molar-refractivity contribution in [1.29, 1.82) is 0 Å². The van der Waals surface area contributed by atoms with Crippen LogP contribution in [0, 0.1) is 5.82 Å². The van der Waals surface area contributed by atoms with Gasteiger partial charge < -0.3 is 10.4 Å². The zero-order chi connectivity index (χ0) is 15.5. The van der Waals surface area contributed by atoms with Gasteiger partial charge in [0.25, 0.3) is 0 Å². The first-order valence-corrected chi connectivity index (χ1v) is 6.87. The summed E-state index contributed by atoms with van der Waals surface area (Å²) in [5.74, 6) is -0.896. The van der Waals surface area contributed by atoms with Crippen LogP contribution >= 0.6 is 24.8 Å². The molecule has 134 valence electrons. The Hall–Kier alpha value is -0.760. The molecule has 0 aromatic heterocycles. The minimum atomic E-state index is -4.26. The van der Waals surface area contributed by atoms with Gasteiger partial charge in [-0.1, -0.05) is 6.07 Å². The van der Waals surface area contributed by atoms with E-state index in [9.17, 15) is 22.7 Å². The lowest BCUT2D eigenvalue weighted by atomic mass is 9.98. The number of alkyl halides is 3. The molecule has 0 aliphatic carbocycles. The second-order valence-corrected chi connectivity index (χ2v) is 5.16. The van der Waals surface area contributed by atoms with Crippen molar-refractivity contribution in [2.75, 3.05) is 26.2 Å². The molecular formula is C14H20Cl2F4N2O. The van der Waals surface area contributed by atoms with Crippen molar-refractivity contribution in [2.45, 2.75) is 25.1 Å². The van der Waals surface area contributed by atoms with Crippen LogP contribution in [0.3, 0.4) is 0 Å². The molecule has 2 N–H and O–H groups in total. The third-order valence-electron chi connectivity index (χ3n) is 3.64. The Balaban J connectivity index is 0.00000242. The van der Waals surface area contributed by atoms with E-state index in [1.165, 1.54) is 12.1 Å². The summed E-state index contributed by atoms with van der Waals surface area (Å²) in [5.41, 5.74) is 0.207. The van der Waals surface area contributed by atoms with Crippen molar-refractivity contribution in [2.24, 2.45) is 0 Å². The highest BCUT2D eigenvalue weighted by atomic mass is 35.5. The molecule has 0 radical (unpaired) electrons. The summed E-state index contributed by atoms with van der Waals surface area (Å²) in [5, 5.41) is 12.4. The monoisotopic (exact) mass is 378 g/mol. The van der Waals surface area contributed by atoms with Gasteiger partial charge in [0.15, 0.2) is 0 Å². The fourth-order valence-electron chi connectivity index (χ4n) is 2.62. The van der Waals surface area contributed by atoms with Gasteiger partial charge in [0.05, 0.1) is 0 Å². The van der Waals surface area contributed by atoms with Gasteiger partial charge in [0.2, 0.25) is 0 Å². The molecule has 23 heavy (non-hydrogen) atoms. The lowest BCUT2D eigenvalue weighted by Crippen LogP contribution is -2.45. The van der Waals surface area contributed by atoms with Gasteiger partial charge in [0, 0.05) is 50.3 Å². The largest absolute Gasteiger partial charge is 0.508 e. The fraction of sp³-hybridized carbons (Fsp3) is 0.571. The highest BCUT2D eigenvalue weighted by Crippen LogP contribution is 2.33. The van der Waals surface area contributed by atoms with Crippen LogP contribution in [0.1, 0.15) is 24.4 Å². The number of aromatic hydroxyl groups is 1. The van der Waals surface area contributed by atoms with Crippen LogP contribution in [0.2, 0.25) is 0 Å². The van der Waals surface area contributed by atoms with Gasteiger partial charge in [0.1, 0.15) is 11.6 Å². The molecule has 1 heterocycles. The van der Waals surface area contributed by atoms with Gasteiger partial charge >= 0.3 is 6.18 Å². The molecule has 0 unspecified atom stereocenters. The molecule has 0 saturated carbocycles. The molecule has 1 fully saturated rings. The number of nitrogens with zero attached hydrogens (tertiary/aromatic N) is 1. The molecule has 1 aliphatic heterocycles. The Bertz CT molecular complexity index is 482. The van der Waals surface area contributed by atoms with Crippen molar-refractivity contribution in [1.82, 2.24) is 10.2 Å². The van der Waals surface area contributed by atoms with Crippen LogP contribution in [0.5, 0.6) is 5.75 Å². The number of halogens is 6. The van der Waals surface area contributed by atoms with Crippen LogP contribution < -0.4 is 5.32 Å². The summed E-state index contributed by atoms with van der Waals surface area (Å²) in [6.45, 7) is 2.48. The Morgan fingerprint density at radius 2 is 1.78 bits per heavy atom. The van der Waals surface area contributed by atoms with Gasteiger partial charge in [-0.05, 0) is 12.5 Å². The maximum atomic E-state index is 14.0. The maximum absolute atomic E-state index is 14.0. The molecule has 1 atom stereocenters. The topological polar surface area (TPSA) is 35.5 Å². The van der Waals surface area contributed by atoms with E-state index in [1.54, 1.807) is 0 Å². The lowest BCUT2D eigenvalue weighted by Gasteiger charge is -2.35. The highest BCUT2D eigenvalue weighted by Gasteiger charge is 2.32. The zero-order valence-corrected chi connectivity index (χ0v) is 13.9. The highest BCUT2D eigenvalue weighted by molar-refractivity contribution is 5.85. The minimum Gasteiger partial charge on any atom is -0.508 e. The van der Waals surface area contributed by atoms with Gasteiger partial charge in [-0.2, -0.15) is 13.2 Å². The SMILES string of the molecule is Cl.Cl.Oc1ccc([C@H](CCC(F)(F)F)N2CCNCC2)c(F)c1. The first-order valence-electron chi connectivity index (χ1n) is 6.87. The molecule has 0 bridgehead atoms. The average Bonchev–Trinajstić information content (AvgIpc) is 2.41. The van der Waals surface area contributed by atoms with E-state index >= 15 is 0 Å². The number of rotatable bonds is 4. The molecule has 1 aromatic carbocycles. The summed E-state index contributed by atoms with van der Waals surface area (Å²) in [6.07, 6.45) is -5.41. The molecule has 2 rings (SSSR count). The summed E-state index contributed by atoms with van der Waals surface area (Å²) in [4.78, 5) is 1.86. The molecule has 3 nitrogen and oxygen atoms in total. The van der Waals surface area contributed by atoms with Gasteiger partial charge in [-0.3, -0.25) is 4.90 Å². The zero-order valence-electron chi connectivity index (χ0n) is 12.3. The van der Waals surface area contributed by atoms with Gasteiger partial charge in [-0.15, -0.1) is 24.8 Å². The average molecular weight is 379 g/mol. The van der Waals surface area contributed by atoms with Gasteiger partial charge in [-0.25, -0.2) is 4.39 Å². The van der Waals surface area contributed by atoms with Crippen LogP contribution in [0.25, 0.3) is 0 Å². The molecule has 9 heteroatoms. The van der Waals surface area contributed by atoms with Crippen molar-refractivity contribution in [3.8, 4) is 5.75 Å². The standard InChI is InChI=1S/C14H18F4N2O.2ClH/c15-12-9-10(21)1-2-11(12)13(3-4-14(16,17)18)20-7-5-19-6-8-20;;/h1-2,9,13,19,21H,3-8H2;2*1H/t13-;;/m0../s1. The van der Waals surface area contributed by atoms with E-state index < -0.39 is 24.5 Å². The van der Waals surface area contributed by atoms with Crippen molar-refractivity contribution >= 4 is 24.8 Å². The van der Waals surface area contributed by atoms with E-state index in [0.29, 0.717) is 26.2 Å². The van der Waals surface area contributed by atoms with Crippen molar-refractivity contribution in [3.63, 3.8) is 0 Å². The Morgan fingerprint density at radius 3 is 2.30 bits per heavy atom. The predicted octanol–water partition coefficient (Wildman–Crippen LogP) is 3.66. The van der Waals surface area contributed by atoms with E-state index in [2.05, 4.69) is 5.32 Å². The summed E-state index contributed by atoms with van der Waals surface area (Å²) >= 11 is 0. The molecule has 1 aromatic rings.